The number of nitrogens with two attached hydrogens (primary N) is 1. The van der Waals surface area contributed by atoms with Gasteiger partial charge in [-0.1, -0.05) is 12.1 Å². The summed E-state index contributed by atoms with van der Waals surface area (Å²) >= 11 is 0. The van der Waals surface area contributed by atoms with E-state index in [0.717, 1.165) is 6.42 Å². The van der Waals surface area contributed by atoms with Crippen LogP contribution in [0.15, 0.2) is 4.52 Å². The monoisotopic (exact) mass is 213 g/mol. The van der Waals surface area contributed by atoms with Crippen LogP contribution in [0, 0.1) is 0 Å². The number of hydrogen-bond acceptors (Lipinski definition) is 6. The average Bonchev–Trinajstić information content (AvgIpc) is 2.78. The van der Waals surface area contributed by atoms with Gasteiger partial charge in [0.25, 0.3) is 5.89 Å². The Morgan fingerprint density at radius 3 is 3.07 bits per heavy atom. The number of hydrogen-bond donors (Lipinski definition) is 1. The maximum Gasteiger partial charge on any atom is 0.258 e. The van der Waals surface area contributed by atoms with E-state index in [4.69, 9.17) is 19.7 Å². The fourth-order valence-corrected chi connectivity index (χ4v) is 1.34. The molecule has 0 aliphatic carbocycles. The normalized spacial score (nSPS) is 24.0. The molecule has 6 heteroatoms. The number of rotatable bonds is 3. The van der Waals surface area contributed by atoms with E-state index in [1.54, 1.807) is 0 Å². The third-order valence-corrected chi connectivity index (χ3v) is 2.32. The summed E-state index contributed by atoms with van der Waals surface area (Å²) in [7, 11) is 0. The van der Waals surface area contributed by atoms with E-state index >= 15 is 0 Å². The second kappa shape index (κ2) is 4.69. The van der Waals surface area contributed by atoms with Crippen LogP contribution >= 0.6 is 0 Å². The Balaban J connectivity index is 2.05. The molecule has 1 aromatic rings. The smallest absolute Gasteiger partial charge is 0.258 e. The summed E-state index contributed by atoms with van der Waals surface area (Å²) in [5.41, 5.74) is 5.78. The Hall–Kier alpha value is -0.980. The minimum absolute atomic E-state index is 0.174. The fourth-order valence-electron chi connectivity index (χ4n) is 1.34. The molecule has 84 valence electrons. The van der Waals surface area contributed by atoms with Gasteiger partial charge in [-0.15, -0.1) is 0 Å². The first-order chi connectivity index (χ1) is 7.31. The highest BCUT2D eigenvalue weighted by Crippen LogP contribution is 2.20. The van der Waals surface area contributed by atoms with Crippen molar-refractivity contribution < 1.29 is 14.0 Å². The summed E-state index contributed by atoms with van der Waals surface area (Å²) in [6.07, 6.45) is 0.533. The van der Waals surface area contributed by atoms with Crippen molar-refractivity contribution in [3.63, 3.8) is 0 Å². The number of aromatic nitrogens is 2. The molecule has 6 nitrogen and oxygen atoms in total. The first-order valence-corrected chi connectivity index (χ1v) is 5.09. The third-order valence-electron chi connectivity index (χ3n) is 2.32. The first kappa shape index (κ1) is 10.5. The summed E-state index contributed by atoms with van der Waals surface area (Å²) in [5.74, 6) is 0.982. The van der Waals surface area contributed by atoms with Crippen molar-refractivity contribution in [2.45, 2.75) is 25.5 Å². The number of nitrogens with zero attached hydrogens (tertiary/aromatic N) is 2. The lowest BCUT2D eigenvalue weighted by atomic mass is 10.2. The van der Waals surface area contributed by atoms with Crippen molar-refractivity contribution in [1.29, 1.82) is 0 Å². The van der Waals surface area contributed by atoms with Crippen molar-refractivity contribution in [2.24, 2.45) is 5.73 Å². The highest BCUT2D eigenvalue weighted by Gasteiger charge is 2.24. The molecule has 2 heterocycles. The summed E-state index contributed by atoms with van der Waals surface area (Å²) in [6.45, 7) is 3.61. The largest absolute Gasteiger partial charge is 0.376 e. The molecular weight excluding hydrogens is 198 g/mol. The summed E-state index contributed by atoms with van der Waals surface area (Å²) < 4.78 is 15.8. The maximum absolute atomic E-state index is 5.78. The Bertz CT molecular complexity index is 309. The maximum atomic E-state index is 5.78. The molecule has 1 fully saturated rings. The van der Waals surface area contributed by atoms with Gasteiger partial charge in [-0.2, -0.15) is 4.98 Å². The van der Waals surface area contributed by atoms with Crippen LogP contribution in [-0.4, -0.2) is 30.0 Å². The zero-order valence-corrected chi connectivity index (χ0v) is 8.68. The van der Waals surface area contributed by atoms with Crippen LogP contribution in [0.1, 0.15) is 37.2 Å². The summed E-state index contributed by atoms with van der Waals surface area (Å²) in [4.78, 5) is 4.20. The lowest BCUT2D eigenvalue weighted by Crippen LogP contribution is -2.22. The molecule has 0 aromatic carbocycles. The van der Waals surface area contributed by atoms with Crippen LogP contribution in [0.4, 0.5) is 0 Å². The van der Waals surface area contributed by atoms with E-state index in [2.05, 4.69) is 10.1 Å². The van der Waals surface area contributed by atoms with Crippen molar-refractivity contribution in [2.75, 3.05) is 19.8 Å². The van der Waals surface area contributed by atoms with Crippen molar-refractivity contribution in [3.05, 3.63) is 11.7 Å². The lowest BCUT2D eigenvalue weighted by Gasteiger charge is -2.19. The van der Waals surface area contributed by atoms with Gasteiger partial charge < -0.3 is 19.7 Å². The van der Waals surface area contributed by atoms with Gasteiger partial charge in [0, 0.05) is 0 Å². The molecule has 0 bridgehead atoms. The topological polar surface area (TPSA) is 83.4 Å². The molecule has 15 heavy (non-hydrogen) atoms. The molecule has 2 rings (SSSR count). The summed E-state index contributed by atoms with van der Waals surface area (Å²) in [5, 5.41) is 3.82. The molecule has 2 unspecified atom stereocenters. The zero-order chi connectivity index (χ0) is 10.7. The lowest BCUT2D eigenvalue weighted by molar-refractivity contribution is -0.101. The van der Waals surface area contributed by atoms with Gasteiger partial charge in [0.2, 0.25) is 0 Å². The van der Waals surface area contributed by atoms with Gasteiger partial charge in [0.1, 0.15) is 0 Å². The van der Waals surface area contributed by atoms with Crippen LogP contribution in [0.3, 0.4) is 0 Å². The van der Waals surface area contributed by atoms with Crippen LogP contribution in [0.2, 0.25) is 0 Å². The third kappa shape index (κ3) is 2.34. The van der Waals surface area contributed by atoms with E-state index < -0.39 is 0 Å². The quantitative estimate of drug-likeness (QED) is 0.790. The van der Waals surface area contributed by atoms with Gasteiger partial charge in [-0.05, 0) is 6.42 Å². The van der Waals surface area contributed by atoms with Crippen LogP contribution in [0.25, 0.3) is 0 Å². The molecule has 2 N–H and O–H groups in total. The van der Waals surface area contributed by atoms with Gasteiger partial charge in [0.05, 0.1) is 25.9 Å². The first-order valence-electron chi connectivity index (χ1n) is 5.09. The van der Waals surface area contributed by atoms with E-state index in [1.165, 1.54) is 0 Å². The Morgan fingerprint density at radius 1 is 1.53 bits per heavy atom. The van der Waals surface area contributed by atoms with Gasteiger partial charge in [0.15, 0.2) is 11.9 Å². The molecule has 2 atom stereocenters. The van der Waals surface area contributed by atoms with E-state index in [1.807, 2.05) is 6.92 Å². The predicted octanol–water partition coefficient (Wildman–Crippen LogP) is 0.567. The molecule has 0 saturated carbocycles. The zero-order valence-electron chi connectivity index (χ0n) is 8.68. The van der Waals surface area contributed by atoms with E-state index in [0.29, 0.717) is 31.5 Å². The number of ether oxygens (including phenoxy) is 2. The van der Waals surface area contributed by atoms with Gasteiger partial charge in [-0.3, -0.25) is 0 Å². The van der Waals surface area contributed by atoms with Crippen LogP contribution in [0.5, 0.6) is 0 Å². The van der Waals surface area contributed by atoms with Crippen LogP contribution < -0.4 is 5.73 Å². The Morgan fingerprint density at radius 2 is 2.40 bits per heavy atom. The molecule has 0 radical (unpaired) electrons. The van der Waals surface area contributed by atoms with Crippen molar-refractivity contribution >= 4 is 0 Å². The summed E-state index contributed by atoms with van der Waals surface area (Å²) in [6, 6.07) is -0.174. The molecule has 1 aliphatic heterocycles. The molecular formula is C9H15N3O3. The second-order valence-corrected chi connectivity index (χ2v) is 3.44. The van der Waals surface area contributed by atoms with Gasteiger partial charge in [-0.25, -0.2) is 0 Å². The van der Waals surface area contributed by atoms with Gasteiger partial charge >= 0.3 is 0 Å². The molecule has 1 aromatic heterocycles. The standard InChI is InChI=1S/C9H15N3O3/c1-2-6(10)8-11-9(15-12-8)7-5-13-3-4-14-7/h6-7H,2-5,10H2,1H3. The predicted molar refractivity (Wildman–Crippen MR) is 51.0 cm³/mol. The van der Waals surface area contributed by atoms with Crippen molar-refractivity contribution in [3.8, 4) is 0 Å². The SMILES string of the molecule is CCC(N)c1noc(C2COCCO2)n1. The minimum atomic E-state index is -0.246. The van der Waals surface area contributed by atoms with E-state index in [-0.39, 0.29) is 12.1 Å². The Labute approximate surface area is 87.7 Å². The highest BCUT2D eigenvalue weighted by molar-refractivity contribution is 4.95. The molecule has 1 saturated heterocycles. The van der Waals surface area contributed by atoms with Crippen LogP contribution in [-0.2, 0) is 9.47 Å². The fraction of sp³-hybridized carbons (Fsp3) is 0.778. The molecule has 0 amide bonds. The van der Waals surface area contributed by atoms with E-state index in [9.17, 15) is 0 Å². The van der Waals surface area contributed by atoms with Crippen molar-refractivity contribution in [1.82, 2.24) is 10.1 Å². The molecule has 0 spiro atoms. The second-order valence-electron chi connectivity index (χ2n) is 3.44. The molecule has 1 aliphatic rings. The highest BCUT2D eigenvalue weighted by atomic mass is 16.6. The average molecular weight is 213 g/mol. The minimum Gasteiger partial charge on any atom is -0.376 e. The Kier molecular flexibility index (Phi) is 3.30.